The number of rotatable bonds is 7. The van der Waals surface area contributed by atoms with Gasteiger partial charge in [0.2, 0.25) is 5.91 Å². The average Bonchev–Trinajstić information content (AvgIpc) is 2.84. The smallest absolute Gasteiger partial charge is 0.350 e. The number of carbonyl (C=O) groups is 2. The van der Waals surface area contributed by atoms with Crippen molar-refractivity contribution in [1.29, 1.82) is 0 Å². The van der Waals surface area contributed by atoms with E-state index in [-0.39, 0.29) is 17.9 Å². The molecular formula is C14H23N3O3S. The second kappa shape index (κ2) is 7.53. The van der Waals surface area contributed by atoms with E-state index in [1.165, 1.54) is 18.4 Å². The molecule has 0 unspecified atom stereocenters. The molecule has 6 nitrogen and oxygen atoms in total. The van der Waals surface area contributed by atoms with Crippen LogP contribution in [0.4, 0.5) is 5.69 Å². The van der Waals surface area contributed by atoms with Gasteiger partial charge in [0, 0.05) is 6.54 Å². The van der Waals surface area contributed by atoms with Gasteiger partial charge in [-0.2, -0.15) is 0 Å². The van der Waals surface area contributed by atoms with Gasteiger partial charge in [-0.1, -0.05) is 13.8 Å². The molecule has 1 aromatic rings. The number of esters is 1. The molecule has 21 heavy (non-hydrogen) atoms. The quantitative estimate of drug-likeness (QED) is 0.743. The highest BCUT2D eigenvalue weighted by Gasteiger charge is 2.20. The summed E-state index contributed by atoms with van der Waals surface area (Å²) in [4.78, 5) is 25.9. The molecule has 1 heterocycles. The summed E-state index contributed by atoms with van der Waals surface area (Å²) in [5, 5.41) is 4.48. The van der Waals surface area contributed by atoms with Crippen molar-refractivity contribution in [3.8, 4) is 0 Å². The number of methoxy groups -OCH3 is 1. The van der Waals surface area contributed by atoms with Crippen LogP contribution in [0, 0.1) is 5.41 Å². The van der Waals surface area contributed by atoms with E-state index in [0.717, 1.165) is 0 Å². The van der Waals surface area contributed by atoms with Crippen LogP contribution < -0.4 is 11.1 Å². The number of carbonyl (C=O) groups excluding carboxylic acids is 2. The van der Waals surface area contributed by atoms with Gasteiger partial charge in [-0.15, -0.1) is 11.3 Å². The Kier molecular flexibility index (Phi) is 6.32. The number of thiophene rings is 1. The summed E-state index contributed by atoms with van der Waals surface area (Å²) in [6.07, 6.45) is 0. The molecule has 3 N–H and O–H groups in total. The SMILES string of the molecule is COC(=O)c1sccc1NC(=O)CN(C)CC(C)(C)CN. The van der Waals surface area contributed by atoms with Crippen LogP contribution in [-0.4, -0.2) is 50.6 Å². The summed E-state index contributed by atoms with van der Waals surface area (Å²) in [5.41, 5.74) is 6.13. The van der Waals surface area contributed by atoms with Crippen molar-refractivity contribution in [1.82, 2.24) is 4.90 Å². The zero-order valence-corrected chi connectivity index (χ0v) is 13.8. The van der Waals surface area contributed by atoms with Crippen LogP contribution in [0.3, 0.4) is 0 Å². The monoisotopic (exact) mass is 313 g/mol. The van der Waals surface area contributed by atoms with Crippen LogP contribution in [0.1, 0.15) is 23.5 Å². The molecule has 0 spiro atoms. The molecule has 7 heteroatoms. The summed E-state index contributed by atoms with van der Waals surface area (Å²) in [6, 6.07) is 1.69. The van der Waals surface area contributed by atoms with E-state index in [1.54, 1.807) is 11.4 Å². The first-order valence-corrected chi connectivity index (χ1v) is 7.51. The number of anilines is 1. The highest BCUT2D eigenvalue weighted by atomic mass is 32.1. The number of likely N-dealkylation sites (N-methyl/N-ethyl adjacent to an activating group) is 1. The Morgan fingerprint density at radius 3 is 2.71 bits per heavy atom. The third-order valence-corrected chi connectivity index (χ3v) is 3.87. The van der Waals surface area contributed by atoms with Crippen molar-refractivity contribution in [3.63, 3.8) is 0 Å². The lowest BCUT2D eigenvalue weighted by molar-refractivity contribution is -0.117. The zero-order chi connectivity index (χ0) is 16.0. The number of hydrogen-bond acceptors (Lipinski definition) is 6. The molecule has 1 amide bonds. The standard InChI is InChI=1S/C14H23N3O3S/c1-14(2,8-15)9-17(3)7-11(18)16-10-5-6-21-12(10)13(19)20-4/h5-6H,7-9,15H2,1-4H3,(H,16,18). The van der Waals surface area contributed by atoms with Crippen LogP contribution in [0.2, 0.25) is 0 Å². The Hall–Kier alpha value is -1.44. The largest absolute Gasteiger partial charge is 0.465 e. The Balaban J connectivity index is 2.58. The molecule has 0 saturated carbocycles. The van der Waals surface area contributed by atoms with Crippen molar-refractivity contribution >= 4 is 28.9 Å². The van der Waals surface area contributed by atoms with Crippen LogP contribution in [0.15, 0.2) is 11.4 Å². The fraction of sp³-hybridized carbons (Fsp3) is 0.571. The first-order valence-electron chi connectivity index (χ1n) is 6.63. The molecule has 0 aromatic carbocycles. The maximum atomic E-state index is 12.0. The minimum Gasteiger partial charge on any atom is -0.465 e. The van der Waals surface area contributed by atoms with E-state index in [0.29, 0.717) is 23.7 Å². The van der Waals surface area contributed by atoms with Gasteiger partial charge in [-0.3, -0.25) is 9.69 Å². The van der Waals surface area contributed by atoms with E-state index in [1.807, 2.05) is 11.9 Å². The normalized spacial score (nSPS) is 11.5. The number of hydrogen-bond donors (Lipinski definition) is 2. The maximum absolute atomic E-state index is 12.0. The van der Waals surface area contributed by atoms with Gasteiger partial charge in [0.25, 0.3) is 0 Å². The molecule has 1 rings (SSSR count). The van der Waals surface area contributed by atoms with Gasteiger partial charge in [0.05, 0.1) is 19.3 Å². The summed E-state index contributed by atoms with van der Waals surface area (Å²) >= 11 is 1.24. The summed E-state index contributed by atoms with van der Waals surface area (Å²) < 4.78 is 4.67. The first-order chi connectivity index (χ1) is 9.79. The molecule has 0 atom stereocenters. The summed E-state index contributed by atoms with van der Waals surface area (Å²) in [5.74, 6) is -0.619. The Bertz CT molecular complexity index is 499. The molecule has 0 fully saturated rings. The minimum absolute atomic E-state index is 0.0470. The van der Waals surface area contributed by atoms with E-state index < -0.39 is 5.97 Å². The molecule has 0 aliphatic heterocycles. The van der Waals surface area contributed by atoms with Gasteiger partial charge in [-0.05, 0) is 30.5 Å². The van der Waals surface area contributed by atoms with Gasteiger partial charge in [0.1, 0.15) is 4.88 Å². The molecule has 0 aliphatic rings. The lowest BCUT2D eigenvalue weighted by Crippen LogP contribution is -2.40. The third-order valence-electron chi connectivity index (χ3n) is 2.97. The van der Waals surface area contributed by atoms with E-state index in [4.69, 9.17) is 5.73 Å². The number of nitrogens with two attached hydrogens (primary N) is 1. The molecular weight excluding hydrogens is 290 g/mol. The molecule has 0 radical (unpaired) electrons. The highest BCUT2D eigenvalue weighted by Crippen LogP contribution is 2.23. The summed E-state index contributed by atoms with van der Waals surface area (Å²) in [7, 11) is 3.18. The van der Waals surface area contributed by atoms with Crippen LogP contribution >= 0.6 is 11.3 Å². The minimum atomic E-state index is -0.446. The van der Waals surface area contributed by atoms with Gasteiger partial charge in [-0.25, -0.2) is 4.79 Å². The Labute approximate surface area is 129 Å². The van der Waals surface area contributed by atoms with Crippen LogP contribution in [0.5, 0.6) is 0 Å². The number of ether oxygens (including phenoxy) is 1. The molecule has 0 aliphatic carbocycles. The summed E-state index contributed by atoms with van der Waals surface area (Å²) in [6.45, 7) is 5.60. The van der Waals surface area contributed by atoms with Crippen molar-refractivity contribution < 1.29 is 14.3 Å². The molecule has 0 bridgehead atoms. The van der Waals surface area contributed by atoms with Crippen molar-refractivity contribution in [2.45, 2.75) is 13.8 Å². The first kappa shape index (κ1) is 17.6. The molecule has 1 aromatic heterocycles. The fourth-order valence-corrected chi connectivity index (χ4v) is 2.71. The van der Waals surface area contributed by atoms with E-state index in [9.17, 15) is 9.59 Å². The third kappa shape index (κ3) is 5.45. The van der Waals surface area contributed by atoms with Gasteiger partial charge in [0.15, 0.2) is 0 Å². The number of nitrogens with one attached hydrogen (secondary N) is 1. The Morgan fingerprint density at radius 2 is 2.14 bits per heavy atom. The highest BCUT2D eigenvalue weighted by molar-refractivity contribution is 7.12. The molecule has 0 saturated heterocycles. The Morgan fingerprint density at radius 1 is 1.48 bits per heavy atom. The topological polar surface area (TPSA) is 84.7 Å². The molecule has 118 valence electrons. The van der Waals surface area contributed by atoms with Crippen molar-refractivity contribution in [3.05, 3.63) is 16.3 Å². The van der Waals surface area contributed by atoms with E-state index in [2.05, 4.69) is 23.9 Å². The zero-order valence-electron chi connectivity index (χ0n) is 12.9. The second-order valence-electron chi connectivity index (χ2n) is 5.74. The van der Waals surface area contributed by atoms with Crippen molar-refractivity contribution in [2.24, 2.45) is 11.1 Å². The fourth-order valence-electron chi connectivity index (χ4n) is 1.94. The van der Waals surface area contributed by atoms with E-state index >= 15 is 0 Å². The average molecular weight is 313 g/mol. The van der Waals surface area contributed by atoms with Crippen LogP contribution in [0.25, 0.3) is 0 Å². The van der Waals surface area contributed by atoms with Crippen LogP contribution in [-0.2, 0) is 9.53 Å². The van der Waals surface area contributed by atoms with Crippen molar-refractivity contribution in [2.75, 3.05) is 39.1 Å². The predicted molar refractivity (Wildman–Crippen MR) is 84.6 cm³/mol. The maximum Gasteiger partial charge on any atom is 0.350 e. The van der Waals surface area contributed by atoms with Gasteiger partial charge >= 0.3 is 5.97 Å². The van der Waals surface area contributed by atoms with Gasteiger partial charge < -0.3 is 15.8 Å². The lowest BCUT2D eigenvalue weighted by Gasteiger charge is -2.28. The lowest BCUT2D eigenvalue weighted by atomic mass is 9.93. The predicted octanol–water partition coefficient (Wildman–Crippen LogP) is 1.39. The number of nitrogens with zero attached hydrogens (tertiary/aromatic N) is 1. The number of amides is 1. The second-order valence-corrected chi connectivity index (χ2v) is 6.66.